The first-order valence-electron chi connectivity index (χ1n) is 9.41. The lowest BCUT2D eigenvalue weighted by Gasteiger charge is -2.54. The van der Waals surface area contributed by atoms with Crippen LogP contribution in [0.15, 0.2) is 47.6 Å². The summed E-state index contributed by atoms with van der Waals surface area (Å²) in [6.07, 6.45) is 6.99. The molecule has 1 aliphatic carbocycles. The Morgan fingerprint density at radius 2 is 2.20 bits per heavy atom. The predicted octanol–water partition coefficient (Wildman–Crippen LogP) is 2.00. The molecule has 1 aromatic rings. The molecule has 1 N–H and O–H groups in total. The summed E-state index contributed by atoms with van der Waals surface area (Å²) < 4.78 is 0. The first kappa shape index (κ1) is 14.3. The molecular weight excluding hydrogens is 312 g/mol. The van der Waals surface area contributed by atoms with Crippen molar-refractivity contribution in [3.8, 4) is 0 Å². The molecule has 4 atom stereocenters. The molecule has 6 rings (SSSR count). The Kier molecular flexibility index (Phi) is 2.64. The van der Waals surface area contributed by atoms with Crippen LogP contribution in [-0.2, 0) is 10.2 Å². The summed E-state index contributed by atoms with van der Waals surface area (Å²) in [5.74, 6) is 0.638. The smallest absolute Gasteiger partial charge is 0.231 e. The number of fused-ring (bicyclic) bond motifs is 4. The fourth-order valence-electron chi connectivity index (χ4n) is 6.62. The number of aliphatic hydroxyl groups excluding tert-OH is 1. The molecular formula is C21H22N2O2. The number of para-hydroxylation sites is 1. The Morgan fingerprint density at radius 3 is 3.08 bits per heavy atom. The first-order valence-corrected chi connectivity index (χ1v) is 9.41. The SMILES string of the molecule is O=C1CC=C2[C@H]3C[C@H]4N(CC[C@@]45c4ccccc4N1[C@@H]25)C/C3=C/CO. The second kappa shape index (κ2) is 4.63. The van der Waals surface area contributed by atoms with Crippen LogP contribution in [0, 0.1) is 5.92 Å². The maximum absolute atomic E-state index is 12.9. The van der Waals surface area contributed by atoms with E-state index in [0.717, 1.165) is 31.6 Å². The second-order valence-electron chi connectivity index (χ2n) is 8.12. The normalized spacial score (nSPS) is 39.5. The molecule has 4 heteroatoms. The van der Waals surface area contributed by atoms with E-state index in [9.17, 15) is 9.90 Å². The molecule has 0 aromatic heterocycles. The van der Waals surface area contributed by atoms with Gasteiger partial charge in [0.25, 0.3) is 0 Å². The Morgan fingerprint density at radius 1 is 1.32 bits per heavy atom. The van der Waals surface area contributed by atoms with E-state index in [4.69, 9.17) is 0 Å². The fourth-order valence-corrected chi connectivity index (χ4v) is 6.62. The summed E-state index contributed by atoms with van der Waals surface area (Å²) in [7, 11) is 0. The van der Waals surface area contributed by atoms with Gasteiger partial charge in [0.1, 0.15) is 0 Å². The summed E-state index contributed by atoms with van der Waals surface area (Å²) >= 11 is 0. The number of hydrogen-bond donors (Lipinski definition) is 1. The third-order valence-electron chi connectivity index (χ3n) is 7.40. The van der Waals surface area contributed by atoms with E-state index in [1.807, 2.05) is 6.08 Å². The Bertz CT molecular complexity index is 857. The molecule has 1 saturated carbocycles. The number of rotatable bonds is 1. The zero-order valence-corrected chi connectivity index (χ0v) is 14.2. The molecule has 25 heavy (non-hydrogen) atoms. The van der Waals surface area contributed by atoms with Gasteiger partial charge in [-0.15, -0.1) is 0 Å². The zero-order valence-electron chi connectivity index (χ0n) is 14.2. The van der Waals surface area contributed by atoms with Crippen LogP contribution in [0.3, 0.4) is 0 Å². The van der Waals surface area contributed by atoms with Crippen LogP contribution in [0.1, 0.15) is 24.8 Å². The van der Waals surface area contributed by atoms with Crippen molar-refractivity contribution >= 4 is 11.6 Å². The number of carbonyl (C=O) groups is 1. The van der Waals surface area contributed by atoms with Crippen molar-refractivity contribution in [1.82, 2.24) is 4.90 Å². The van der Waals surface area contributed by atoms with Crippen molar-refractivity contribution in [2.45, 2.75) is 36.8 Å². The zero-order chi connectivity index (χ0) is 16.8. The van der Waals surface area contributed by atoms with Gasteiger partial charge in [0.2, 0.25) is 5.91 Å². The molecule has 128 valence electrons. The Balaban J connectivity index is 1.64. The number of nitrogens with zero attached hydrogens (tertiary/aromatic N) is 2. The lowest BCUT2D eigenvalue weighted by atomic mass is 9.57. The highest BCUT2D eigenvalue weighted by Crippen LogP contribution is 2.63. The number of amides is 1. The van der Waals surface area contributed by atoms with Gasteiger partial charge in [0.15, 0.2) is 0 Å². The predicted molar refractivity (Wildman–Crippen MR) is 95.3 cm³/mol. The molecule has 2 bridgehead atoms. The summed E-state index contributed by atoms with van der Waals surface area (Å²) in [5, 5.41) is 9.50. The average Bonchev–Trinajstić information content (AvgIpc) is 3.17. The molecule has 4 nitrogen and oxygen atoms in total. The lowest BCUT2D eigenvalue weighted by Crippen LogP contribution is -2.62. The fraction of sp³-hybridized carbons (Fsp3) is 0.476. The standard InChI is InChI=1S/C21H22N2O2/c24-10-7-13-12-22-9-8-21-16-3-1-2-4-17(16)23-19(25)6-5-14(20(21)23)15(13)11-18(21)22/h1-5,7,15,18,20,24H,6,8-12H2/b13-7-/t15-,18+,20-,21+/m0/s1. The quantitative estimate of drug-likeness (QED) is 0.799. The van der Waals surface area contributed by atoms with E-state index < -0.39 is 0 Å². The van der Waals surface area contributed by atoms with Gasteiger partial charge in [-0.1, -0.05) is 35.9 Å². The van der Waals surface area contributed by atoms with E-state index in [1.165, 1.54) is 16.7 Å². The van der Waals surface area contributed by atoms with Crippen molar-refractivity contribution < 1.29 is 9.90 Å². The third-order valence-corrected chi connectivity index (χ3v) is 7.40. The molecule has 2 saturated heterocycles. The first-order chi connectivity index (χ1) is 12.3. The van der Waals surface area contributed by atoms with Crippen LogP contribution in [0.25, 0.3) is 0 Å². The van der Waals surface area contributed by atoms with E-state index in [2.05, 4.69) is 40.1 Å². The van der Waals surface area contributed by atoms with Crippen LogP contribution in [0.5, 0.6) is 0 Å². The monoisotopic (exact) mass is 334 g/mol. The average molecular weight is 334 g/mol. The van der Waals surface area contributed by atoms with Gasteiger partial charge >= 0.3 is 0 Å². The maximum atomic E-state index is 12.9. The Hall–Kier alpha value is -1.91. The highest BCUT2D eigenvalue weighted by atomic mass is 16.2. The van der Waals surface area contributed by atoms with Crippen LogP contribution < -0.4 is 4.90 Å². The lowest BCUT2D eigenvalue weighted by molar-refractivity contribution is -0.118. The van der Waals surface area contributed by atoms with Crippen molar-refractivity contribution in [2.24, 2.45) is 5.92 Å². The van der Waals surface area contributed by atoms with Gasteiger partial charge in [-0.05, 0) is 36.6 Å². The number of carbonyl (C=O) groups excluding carboxylic acids is 1. The van der Waals surface area contributed by atoms with Gasteiger partial charge < -0.3 is 10.0 Å². The van der Waals surface area contributed by atoms with Crippen molar-refractivity contribution in [3.05, 3.63) is 53.1 Å². The van der Waals surface area contributed by atoms with E-state index in [0.29, 0.717) is 18.4 Å². The molecule has 3 fully saturated rings. The minimum absolute atomic E-state index is 0.0692. The van der Waals surface area contributed by atoms with E-state index >= 15 is 0 Å². The van der Waals surface area contributed by atoms with Crippen LogP contribution in [-0.4, -0.2) is 47.7 Å². The van der Waals surface area contributed by atoms with Crippen molar-refractivity contribution in [2.75, 3.05) is 24.6 Å². The van der Waals surface area contributed by atoms with Gasteiger partial charge in [0.05, 0.1) is 12.6 Å². The van der Waals surface area contributed by atoms with Crippen LogP contribution >= 0.6 is 0 Å². The molecule has 0 radical (unpaired) electrons. The van der Waals surface area contributed by atoms with Gasteiger partial charge in [-0.25, -0.2) is 0 Å². The molecule has 1 spiro atoms. The molecule has 4 aliphatic heterocycles. The minimum atomic E-state index is 0.0692. The highest BCUT2D eigenvalue weighted by Gasteiger charge is 2.67. The molecule has 1 aromatic carbocycles. The summed E-state index contributed by atoms with van der Waals surface area (Å²) in [4.78, 5) is 17.6. The van der Waals surface area contributed by atoms with Crippen LogP contribution in [0.4, 0.5) is 5.69 Å². The van der Waals surface area contributed by atoms with Gasteiger partial charge in [0, 0.05) is 36.0 Å². The number of piperidine rings is 1. The molecule has 5 aliphatic rings. The van der Waals surface area contributed by atoms with E-state index in [-0.39, 0.29) is 24.0 Å². The number of anilines is 1. The summed E-state index contributed by atoms with van der Waals surface area (Å²) in [6, 6.07) is 9.29. The minimum Gasteiger partial charge on any atom is -0.392 e. The van der Waals surface area contributed by atoms with Crippen molar-refractivity contribution in [3.63, 3.8) is 0 Å². The largest absolute Gasteiger partial charge is 0.392 e. The number of aliphatic hydroxyl groups is 1. The second-order valence-corrected chi connectivity index (χ2v) is 8.12. The number of benzene rings is 1. The van der Waals surface area contributed by atoms with Gasteiger partial charge in [-0.3, -0.25) is 9.69 Å². The molecule has 4 heterocycles. The van der Waals surface area contributed by atoms with Crippen LogP contribution in [0.2, 0.25) is 0 Å². The Labute approximate surface area is 147 Å². The van der Waals surface area contributed by atoms with E-state index in [1.54, 1.807) is 0 Å². The van der Waals surface area contributed by atoms with Gasteiger partial charge in [-0.2, -0.15) is 0 Å². The molecule has 1 amide bonds. The summed E-state index contributed by atoms with van der Waals surface area (Å²) in [5.41, 5.74) is 5.39. The third kappa shape index (κ3) is 1.50. The highest BCUT2D eigenvalue weighted by molar-refractivity contribution is 6.00. The number of hydrogen-bond acceptors (Lipinski definition) is 3. The maximum Gasteiger partial charge on any atom is 0.231 e. The topological polar surface area (TPSA) is 43.8 Å². The van der Waals surface area contributed by atoms with Crippen molar-refractivity contribution in [1.29, 1.82) is 0 Å². The molecule has 0 unspecified atom stereocenters. The summed E-state index contributed by atoms with van der Waals surface area (Å²) in [6.45, 7) is 2.16.